The molecule has 0 aromatic heterocycles. The number of rotatable bonds is 6. The van der Waals surface area contributed by atoms with Gasteiger partial charge < -0.3 is 10.2 Å². The third-order valence-corrected chi connectivity index (χ3v) is 7.19. The van der Waals surface area contributed by atoms with Gasteiger partial charge in [0.1, 0.15) is 6.04 Å². The Balaban J connectivity index is 1.65. The molecule has 0 aromatic carbocycles. The molecule has 156 valence electrons. The van der Waals surface area contributed by atoms with E-state index in [-0.39, 0.29) is 17.7 Å². The highest BCUT2D eigenvalue weighted by Crippen LogP contribution is 2.29. The summed E-state index contributed by atoms with van der Waals surface area (Å²) >= 11 is 1.55. The molecule has 8 heteroatoms. The van der Waals surface area contributed by atoms with Crippen LogP contribution in [-0.2, 0) is 14.4 Å². The van der Waals surface area contributed by atoms with Gasteiger partial charge in [0, 0.05) is 25.3 Å². The van der Waals surface area contributed by atoms with Crippen LogP contribution in [0.4, 0.5) is 0 Å². The van der Waals surface area contributed by atoms with E-state index in [4.69, 9.17) is 0 Å². The van der Waals surface area contributed by atoms with Crippen molar-refractivity contribution in [3.05, 3.63) is 0 Å². The zero-order valence-corrected chi connectivity index (χ0v) is 17.6. The molecule has 1 atom stereocenters. The molecule has 1 saturated heterocycles. The van der Waals surface area contributed by atoms with Crippen LogP contribution in [0.3, 0.4) is 0 Å². The van der Waals surface area contributed by atoms with E-state index in [1.807, 2.05) is 11.9 Å². The van der Waals surface area contributed by atoms with E-state index in [0.29, 0.717) is 5.17 Å². The lowest BCUT2D eigenvalue weighted by atomic mass is 9.81. The second kappa shape index (κ2) is 10.3. The molecule has 0 radical (unpaired) electrons. The number of amides is 2. The number of nitrogens with one attached hydrogen (secondary N) is 2. The Labute approximate surface area is 171 Å². The van der Waals surface area contributed by atoms with Gasteiger partial charge in [0.2, 0.25) is 11.7 Å². The zero-order valence-electron chi connectivity index (χ0n) is 16.7. The van der Waals surface area contributed by atoms with E-state index in [2.05, 4.69) is 15.8 Å². The summed E-state index contributed by atoms with van der Waals surface area (Å²) in [6, 6.07) is -0.733. The molecule has 0 aromatic rings. The number of Topliss-reactive ketones (excluding diaryl/α,β-unsaturated/α-hetero) is 1. The Morgan fingerprint density at radius 1 is 1.04 bits per heavy atom. The van der Waals surface area contributed by atoms with E-state index < -0.39 is 17.7 Å². The molecule has 1 aliphatic heterocycles. The van der Waals surface area contributed by atoms with Crippen molar-refractivity contribution in [2.45, 2.75) is 70.3 Å². The third kappa shape index (κ3) is 5.49. The van der Waals surface area contributed by atoms with Crippen LogP contribution >= 0.6 is 11.8 Å². The molecule has 2 N–H and O–H groups in total. The van der Waals surface area contributed by atoms with E-state index in [0.717, 1.165) is 70.1 Å². The topological polar surface area (TPSA) is 90.9 Å². The van der Waals surface area contributed by atoms with Crippen molar-refractivity contribution in [1.82, 2.24) is 15.6 Å². The monoisotopic (exact) mass is 408 g/mol. The summed E-state index contributed by atoms with van der Waals surface area (Å²) in [5, 5.41) is 7.76. The van der Waals surface area contributed by atoms with Crippen LogP contribution in [0.2, 0.25) is 0 Å². The van der Waals surface area contributed by atoms with Gasteiger partial charge in [-0.05, 0) is 31.6 Å². The van der Waals surface area contributed by atoms with Crippen LogP contribution in [0.1, 0.15) is 64.2 Å². The predicted molar refractivity (Wildman–Crippen MR) is 111 cm³/mol. The lowest BCUT2D eigenvalue weighted by Crippen LogP contribution is -2.52. The van der Waals surface area contributed by atoms with E-state index in [1.165, 1.54) is 6.42 Å². The molecule has 0 bridgehead atoms. The van der Waals surface area contributed by atoms with Gasteiger partial charge in [-0.2, -0.15) is 0 Å². The van der Waals surface area contributed by atoms with Gasteiger partial charge in [-0.1, -0.05) is 50.3 Å². The maximum atomic E-state index is 12.9. The fourth-order valence-electron chi connectivity index (χ4n) is 4.39. The number of hydrogen-bond acceptors (Lipinski definition) is 5. The molecule has 3 fully saturated rings. The number of amidine groups is 1. The van der Waals surface area contributed by atoms with Gasteiger partial charge in [0.15, 0.2) is 5.17 Å². The minimum atomic E-state index is -0.733. The summed E-state index contributed by atoms with van der Waals surface area (Å²) in [7, 11) is 1.90. The summed E-state index contributed by atoms with van der Waals surface area (Å²) in [5.41, 5.74) is 2.41. The van der Waals surface area contributed by atoms with E-state index in [1.54, 1.807) is 11.8 Å². The van der Waals surface area contributed by atoms with Gasteiger partial charge in [0.25, 0.3) is 0 Å². The standard InChI is InChI=1S/C20H32N4O3S/c1-24-12-13-28-20(24)23-22-19(27)17(25)16(14-8-4-2-5-9-14)21-18(26)15-10-6-3-7-11-15/h14-16H,2-13H2,1H3,(H,21,26)(H,22,27)/b23-20-. The highest BCUT2D eigenvalue weighted by molar-refractivity contribution is 8.14. The fourth-order valence-corrected chi connectivity index (χ4v) is 5.36. The number of hydrogen-bond donors (Lipinski definition) is 2. The van der Waals surface area contributed by atoms with Crippen LogP contribution in [-0.4, -0.2) is 53.1 Å². The van der Waals surface area contributed by atoms with E-state index in [9.17, 15) is 14.4 Å². The summed E-state index contributed by atoms with van der Waals surface area (Å²) < 4.78 is 0. The summed E-state index contributed by atoms with van der Waals surface area (Å²) in [4.78, 5) is 40.1. The zero-order chi connectivity index (χ0) is 19.9. The number of carbonyl (C=O) groups excluding carboxylic acids is 3. The first kappa shape index (κ1) is 21.1. The highest BCUT2D eigenvalue weighted by Gasteiger charge is 2.36. The predicted octanol–water partition coefficient (Wildman–Crippen LogP) is 2.27. The van der Waals surface area contributed by atoms with Crippen molar-refractivity contribution in [3.8, 4) is 0 Å². The van der Waals surface area contributed by atoms with Crippen molar-refractivity contribution in [1.29, 1.82) is 0 Å². The van der Waals surface area contributed by atoms with Gasteiger partial charge >= 0.3 is 5.91 Å². The lowest BCUT2D eigenvalue weighted by Gasteiger charge is -2.31. The van der Waals surface area contributed by atoms with Gasteiger partial charge in [-0.25, -0.2) is 5.43 Å². The third-order valence-electron chi connectivity index (χ3n) is 6.14. The van der Waals surface area contributed by atoms with Gasteiger partial charge in [-0.3, -0.25) is 14.4 Å². The molecule has 2 amide bonds. The van der Waals surface area contributed by atoms with Crippen LogP contribution < -0.4 is 10.7 Å². The summed E-state index contributed by atoms with van der Waals surface area (Å²) in [6.45, 7) is 0.870. The Bertz CT molecular complexity index is 613. The molecule has 1 heterocycles. The molecular formula is C20H32N4O3S. The molecule has 2 saturated carbocycles. The van der Waals surface area contributed by atoms with Gasteiger partial charge in [-0.15, -0.1) is 5.10 Å². The first-order valence-corrected chi connectivity index (χ1v) is 11.6. The summed E-state index contributed by atoms with van der Waals surface area (Å²) in [5.74, 6) is -0.426. The quantitative estimate of drug-likeness (QED) is 0.520. The Hall–Kier alpha value is -1.57. The normalized spacial score (nSPS) is 24.2. The highest BCUT2D eigenvalue weighted by atomic mass is 32.2. The SMILES string of the molecule is CN1CCS/C1=N\NC(=O)C(=O)C(NC(=O)C1CCCCC1)C1CCCCC1. The Kier molecular flexibility index (Phi) is 7.76. The van der Waals surface area contributed by atoms with Crippen LogP contribution in [0.25, 0.3) is 0 Å². The Morgan fingerprint density at radius 3 is 2.29 bits per heavy atom. The average Bonchev–Trinajstić information content (AvgIpc) is 3.15. The first-order valence-electron chi connectivity index (χ1n) is 10.6. The summed E-state index contributed by atoms with van der Waals surface area (Å²) in [6.07, 6.45) is 10.0. The fraction of sp³-hybridized carbons (Fsp3) is 0.800. The smallest absolute Gasteiger partial charge is 0.309 e. The Morgan fingerprint density at radius 2 is 1.68 bits per heavy atom. The number of thioether (sulfide) groups is 1. The minimum absolute atomic E-state index is 0.0283. The van der Waals surface area contributed by atoms with Gasteiger partial charge in [0.05, 0.1) is 0 Å². The second-order valence-electron chi connectivity index (χ2n) is 8.19. The molecule has 1 unspecified atom stereocenters. The van der Waals surface area contributed by atoms with Crippen molar-refractivity contribution >= 4 is 34.5 Å². The largest absolute Gasteiger partial charge is 0.352 e. The molecule has 3 rings (SSSR count). The van der Waals surface area contributed by atoms with Crippen LogP contribution in [0, 0.1) is 11.8 Å². The maximum Gasteiger partial charge on any atom is 0.309 e. The maximum absolute atomic E-state index is 12.9. The number of carbonyl (C=O) groups is 3. The number of ketones is 1. The van der Waals surface area contributed by atoms with Crippen molar-refractivity contribution in [3.63, 3.8) is 0 Å². The number of hydrazone groups is 1. The van der Waals surface area contributed by atoms with Crippen LogP contribution in [0.5, 0.6) is 0 Å². The molecular weight excluding hydrogens is 376 g/mol. The van der Waals surface area contributed by atoms with Crippen molar-refractivity contribution in [2.75, 3.05) is 19.3 Å². The molecule has 3 aliphatic rings. The van der Waals surface area contributed by atoms with E-state index >= 15 is 0 Å². The number of nitrogens with zero attached hydrogens (tertiary/aromatic N) is 2. The molecule has 2 aliphatic carbocycles. The second-order valence-corrected chi connectivity index (χ2v) is 9.25. The molecule has 7 nitrogen and oxygen atoms in total. The van der Waals surface area contributed by atoms with Crippen molar-refractivity contribution in [2.24, 2.45) is 16.9 Å². The first-order chi connectivity index (χ1) is 13.6. The van der Waals surface area contributed by atoms with Crippen LogP contribution in [0.15, 0.2) is 5.10 Å². The minimum Gasteiger partial charge on any atom is -0.352 e. The molecule has 0 spiro atoms. The molecule has 28 heavy (non-hydrogen) atoms. The average molecular weight is 409 g/mol. The van der Waals surface area contributed by atoms with Crippen molar-refractivity contribution < 1.29 is 14.4 Å². The lowest BCUT2D eigenvalue weighted by molar-refractivity contribution is -0.141.